The first-order valence-electron chi connectivity index (χ1n) is 6.72. The van der Waals surface area contributed by atoms with E-state index in [2.05, 4.69) is 0 Å². The molecule has 1 heterocycles. The highest BCUT2D eigenvalue weighted by Gasteiger charge is 2.23. The molecule has 0 saturated carbocycles. The molecular formula is C15H19NO3S2. The highest BCUT2D eigenvalue weighted by atomic mass is 32.2. The molecule has 2 rings (SSSR count). The van der Waals surface area contributed by atoms with E-state index < -0.39 is 16.1 Å². The molecule has 1 aromatic carbocycles. The zero-order valence-corrected chi connectivity index (χ0v) is 13.7. The average Bonchev–Trinajstić information content (AvgIpc) is 3.01. The lowest BCUT2D eigenvalue weighted by Gasteiger charge is -2.20. The third-order valence-electron chi connectivity index (χ3n) is 3.34. The number of aliphatic hydroxyl groups excluding tert-OH is 1. The van der Waals surface area contributed by atoms with Gasteiger partial charge in [-0.3, -0.25) is 0 Å². The van der Waals surface area contributed by atoms with E-state index >= 15 is 0 Å². The third kappa shape index (κ3) is 3.71. The Labute approximate surface area is 129 Å². The summed E-state index contributed by atoms with van der Waals surface area (Å²) < 4.78 is 26.1. The zero-order valence-electron chi connectivity index (χ0n) is 12.1. The summed E-state index contributed by atoms with van der Waals surface area (Å²) >= 11 is 1.41. The van der Waals surface area contributed by atoms with E-state index in [1.165, 1.54) is 22.7 Å². The number of aryl methyl sites for hydroxylation is 1. The molecule has 0 radical (unpaired) electrons. The summed E-state index contributed by atoms with van der Waals surface area (Å²) in [5, 5.41) is 11.9. The standard InChI is InChI=1S/C15H19NO3S2/c1-3-12-6-8-13(9-7-12)21(18,19)16(2)11-14(17)15-5-4-10-20-15/h4-10,14,17H,3,11H2,1-2H3. The second-order valence-electron chi connectivity index (χ2n) is 4.81. The van der Waals surface area contributed by atoms with Crippen LogP contribution in [0.5, 0.6) is 0 Å². The van der Waals surface area contributed by atoms with E-state index in [0.29, 0.717) is 0 Å². The van der Waals surface area contributed by atoms with Gasteiger partial charge < -0.3 is 5.11 Å². The molecule has 6 heteroatoms. The minimum Gasteiger partial charge on any atom is -0.386 e. The van der Waals surface area contributed by atoms with E-state index in [4.69, 9.17) is 0 Å². The summed E-state index contributed by atoms with van der Waals surface area (Å²) in [6.45, 7) is 2.06. The van der Waals surface area contributed by atoms with Gasteiger partial charge in [0.2, 0.25) is 10.0 Å². The molecule has 0 bridgehead atoms. The number of hydrogen-bond donors (Lipinski definition) is 1. The molecule has 0 fully saturated rings. The predicted octanol–water partition coefficient (Wildman–Crippen LogP) is 2.66. The molecule has 114 valence electrons. The van der Waals surface area contributed by atoms with Gasteiger partial charge >= 0.3 is 0 Å². The molecule has 4 nitrogen and oxygen atoms in total. The topological polar surface area (TPSA) is 57.6 Å². The van der Waals surface area contributed by atoms with Crippen LogP contribution in [0.2, 0.25) is 0 Å². The highest BCUT2D eigenvalue weighted by molar-refractivity contribution is 7.89. The van der Waals surface area contributed by atoms with Crippen LogP contribution in [0.1, 0.15) is 23.5 Å². The van der Waals surface area contributed by atoms with Crippen LogP contribution in [0.4, 0.5) is 0 Å². The maximum Gasteiger partial charge on any atom is 0.242 e. The van der Waals surface area contributed by atoms with E-state index in [0.717, 1.165) is 16.9 Å². The van der Waals surface area contributed by atoms with Crippen molar-refractivity contribution in [2.45, 2.75) is 24.3 Å². The molecule has 1 atom stereocenters. The Bertz CT molecular complexity index is 663. The van der Waals surface area contributed by atoms with Gasteiger partial charge in [0.15, 0.2) is 0 Å². The van der Waals surface area contributed by atoms with E-state index in [-0.39, 0.29) is 11.4 Å². The molecule has 0 amide bonds. The Balaban J connectivity index is 2.14. The lowest BCUT2D eigenvalue weighted by atomic mass is 10.2. The van der Waals surface area contributed by atoms with Gasteiger partial charge in [0.25, 0.3) is 0 Å². The van der Waals surface area contributed by atoms with Crippen LogP contribution in [0, 0.1) is 0 Å². The third-order valence-corrected chi connectivity index (χ3v) is 6.15. The van der Waals surface area contributed by atoms with Crippen molar-refractivity contribution in [3.05, 3.63) is 52.2 Å². The van der Waals surface area contributed by atoms with Crippen LogP contribution >= 0.6 is 11.3 Å². The molecule has 2 aromatic rings. The van der Waals surface area contributed by atoms with Crippen molar-refractivity contribution in [3.63, 3.8) is 0 Å². The van der Waals surface area contributed by atoms with Crippen LogP contribution in [0.25, 0.3) is 0 Å². The number of aliphatic hydroxyl groups is 1. The Morgan fingerprint density at radius 3 is 2.43 bits per heavy atom. The van der Waals surface area contributed by atoms with Gasteiger partial charge in [-0.1, -0.05) is 25.1 Å². The van der Waals surface area contributed by atoms with Crippen molar-refractivity contribution < 1.29 is 13.5 Å². The summed E-state index contributed by atoms with van der Waals surface area (Å²) in [5.41, 5.74) is 1.09. The normalized spacial score (nSPS) is 13.5. The van der Waals surface area contributed by atoms with Gasteiger partial charge in [0, 0.05) is 18.5 Å². The molecule has 0 spiro atoms. The van der Waals surface area contributed by atoms with Gasteiger partial charge in [0.1, 0.15) is 6.10 Å². The SMILES string of the molecule is CCc1ccc(S(=O)(=O)N(C)CC(O)c2cccs2)cc1. The van der Waals surface area contributed by atoms with Crippen molar-refractivity contribution >= 4 is 21.4 Å². The van der Waals surface area contributed by atoms with Crippen molar-refractivity contribution in [2.75, 3.05) is 13.6 Å². The minimum absolute atomic E-state index is 0.0401. The number of nitrogens with zero attached hydrogens (tertiary/aromatic N) is 1. The molecule has 0 aliphatic heterocycles. The van der Waals surface area contributed by atoms with Crippen LogP contribution in [-0.4, -0.2) is 31.4 Å². The quantitative estimate of drug-likeness (QED) is 0.888. The van der Waals surface area contributed by atoms with Crippen molar-refractivity contribution in [2.24, 2.45) is 0 Å². The minimum atomic E-state index is -3.57. The summed E-state index contributed by atoms with van der Waals surface area (Å²) in [6, 6.07) is 10.5. The van der Waals surface area contributed by atoms with E-state index in [9.17, 15) is 13.5 Å². The summed E-state index contributed by atoms with van der Waals surface area (Å²) in [5.74, 6) is 0. The van der Waals surface area contributed by atoms with Crippen molar-refractivity contribution in [1.29, 1.82) is 0 Å². The maximum absolute atomic E-state index is 12.5. The Hall–Kier alpha value is -1.21. The van der Waals surface area contributed by atoms with Crippen LogP contribution in [-0.2, 0) is 16.4 Å². The Morgan fingerprint density at radius 1 is 1.24 bits per heavy atom. The van der Waals surface area contributed by atoms with Gasteiger partial charge in [-0.15, -0.1) is 11.3 Å². The van der Waals surface area contributed by atoms with Gasteiger partial charge in [0.05, 0.1) is 4.90 Å². The smallest absolute Gasteiger partial charge is 0.242 e. The fourth-order valence-electron chi connectivity index (χ4n) is 1.99. The molecule has 0 aliphatic carbocycles. The van der Waals surface area contributed by atoms with E-state index in [1.807, 2.05) is 30.5 Å². The Morgan fingerprint density at radius 2 is 1.90 bits per heavy atom. The maximum atomic E-state index is 12.5. The molecular weight excluding hydrogens is 306 g/mol. The summed E-state index contributed by atoms with van der Waals surface area (Å²) in [6.07, 6.45) is 0.0625. The summed E-state index contributed by atoms with van der Waals surface area (Å²) in [4.78, 5) is 1.01. The van der Waals surface area contributed by atoms with Crippen LogP contribution < -0.4 is 0 Å². The number of likely N-dealkylation sites (N-methyl/N-ethyl adjacent to an activating group) is 1. The number of sulfonamides is 1. The molecule has 1 unspecified atom stereocenters. The number of thiophene rings is 1. The van der Waals surface area contributed by atoms with Crippen molar-refractivity contribution in [1.82, 2.24) is 4.31 Å². The molecule has 0 aliphatic rings. The van der Waals surface area contributed by atoms with E-state index in [1.54, 1.807) is 18.2 Å². The molecule has 1 N–H and O–H groups in total. The van der Waals surface area contributed by atoms with Crippen molar-refractivity contribution in [3.8, 4) is 0 Å². The van der Waals surface area contributed by atoms with Crippen LogP contribution in [0.15, 0.2) is 46.7 Å². The lowest BCUT2D eigenvalue weighted by Crippen LogP contribution is -2.31. The fourth-order valence-corrected chi connectivity index (χ4v) is 3.87. The zero-order chi connectivity index (χ0) is 15.5. The number of benzene rings is 1. The predicted molar refractivity (Wildman–Crippen MR) is 84.9 cm³/mol. The average molecular weight is 325 g/mol. The highest BCUT2D eigenvalue weighted by Crippen LogP contribution is 2.22. The lowest BCUT2D eigenvalue weighted by molar-refractivity contribution is 0.158. The number of hydrogen-bond acceptors (Lipinski definition) is 4. The van der Waals surface area contributed by atoms with Gasteiger partial charge in [-0.05, 0) is 35.6 Å². The first-order valence-corrected chi connectivity index (χ1v) is 9.04. The largest absolute Gasteiger partial charge is 0.386 e. The van der Waals surface area contributed by atoms with Gasteiger partial charge in [-0.2, -0.15) is 4.31 Å². The second-order valence-corrected chi connectivity index (χ2v) is 7.84. The second kappa shape index (κ2) is 6.70. The monoisotopic (exact) mass is 325 g/mol. The first kappa shape index (κ1) is 16.2. The Kier molecular flexibility index (Phi) is 5.16. The van der Waals surface area contributed by atoms with Gasteiger partial charge in [-0.25, -0.2) is 8.42 Å². The first-order chi connectivity index (χ1) is 9.95. The summed E-state index contributed by atoms with van der Waals surface area (Å²) in [7, 11) is -2.09. The molecule has 21 heavy (non-hydrogen) atoms. The molecule has 0 saturated heterocycles. The molecule has 1 aromatic heterocycles. The number of rotatable bonds is 6. The fraction of sp³-hybridized carbons (Fsp3) is 0.333. The van der Waals surface area contributed by atoms with Crippen LogP contribution in [0.3, 0.4) is 0 Å².